The summed E-state index contributed by atoms with van der Waals surface area (Å²) in [4.78, 5) is 11.5. The molecule has 1 heterocycles. The van der Waals surface area contributed by atoms with Gasteiger partial charge in [-0.25, -0.2) is 9.97 Å². The van der Waals surface area contributed by atoms with Crippen LogP contribution >= 0.6 is 0 Å². The van der Waals surface area contributed by atoms with Crippen molar-refractivity contribution in [3.63, 3.8) is 0 Å². The Morgan fingerprint density at radius 1 is 0.960 bits per heavy atom. The van der Waals surface area contributed by atoms with Gasteiger partial charge in [0, 0.05) is 38.0 Å². The van der Waals surface area contributed by atoms with Crippen molar-refractivity contribution in [2.75, 3.05) is 37.5 Å². The topological polar surface area (TPSA) is 50.3 Å². The van der Waals surface area contributed by atoms with Crippen LogP contribution in [0.4, 0.5) is 17.3 Å². The van der Waals surface area contributed by atoms with Crippen molar-refractivity contribution in [2.45, 2.75) is 0 Å². The molecule has 2 aromatic carbocycles. The Hall–Kier alpha value is -2.92. The predicted molar refractivity (Wildman–Crippen MR) is 102 cm³/mol. The summed E-state index contributed by atoms with van der Waals surface area (Å²) in [6.45, 7) is 1.31. The van der Waals surface area contributed by atoms with Crippen molar-refractivity contribution < 1.29 is 4.74 Å². The van der Waals surface area contributed by atoms with Gasteiger partial charge in [-0.1, -0.05) is 48.5 Å². The second-order valence-electron chi connectivity index (χ2n) is 5.62. The summed E-state index contributed by atoms with van der Waals surface area (Å²) in [7, 11) is 3.69. The van der Waals surface area contributed by atoms with E-state index in [0.717, 1.165) is 22.9 Å². The van der Waals surface area contributed by atoms with E-state index in [0.29, 0.717) is 19.0 Å². The van der Waals surface area contributed by atoms with Crippen molar-refractivity contribution >= 4 is 17.3 Å². The smallest absolute Gasteiger partial charge is 0.163 e. The van der Waals surface area contributed by atoms with Crippen LogP contribution < -0.4 is 10.2 Å². The van der Waals surface area contributed by atoms with Gasteiger partial charge in [0.25, 0.3) is 0 Å². The molecule has 0 saturated carbocycles. The molecule has 0 aliphatic carbocycles. The van der Waals surface area contributed by atoms with Crippen LogP contribution in [-0.2, 0) is 4.74 Å². The minimum atomic E-state index is 0.620. The lowest BCUT2D eigenvalue weighted by atomic mass is 10.2. The molecule has 25 heavy (non-hydrogen) atoms. The molecule has 1 N–H and O–H groups in total. The van der Waals surface area contributed by atoms with Crippen LogP contribution in [0.15, 0.2) is 66.7 Å². The molecular weight excluding hydrogens is 312 g/mol. The lowest BCUT2D eigenvalue weighted by Crippen LogP contribution is -2.14. The van der Waals surface area contributed by atoms with Gasteiger partial charge in [-0.15, -0.1) is 0 Å². The van der Waals surface area contributed by atoms with Gasteiger partial charge in [0.2, 0.25) is 0 Å². The molecule has 0 amide bonds. The first-order valence-corrected chi connectivity index (χ1v) is 8.24. The fraction of sp³-hybridized carbons (Fsp3) is 0.200. The zero-order chi connectivity index (χ0) is 17.5. The largest absolute Gasteiger partial charge is 0.383 e. The number of rotatable bonds is 7. The molecule has 0 aliphatic rings. The summed E-state index contributed by atoms with van der Waals surface area (Å²) in [5.41, 5.74) is 2.06. The van der Waals surface area contributed by atoms with Crippen molar-refractivity contribution in [3.8, 4) is 11.4 Å². The molecule has 5 heteroatoms. The Bertz CT molecular complexity index is 793. The van der Waals surface area contributed by atoms with E-state index in [-0.39, 0.29) is 0 Å². The third kappa shape index (κ3) is 4.33. The third-order valence-corrected chi connectivity index (χ3v) is 3.84. The molecule has 3 aromatic rings. The van der Waals surface area contributed by atoms with Crippen molar-refractivity contribution in [3.05, 3.63) is 66.7 Å². The second kappa shape index (κ2) is 8.26. The molecule has 0 atom stereocenters. The number of anilines is 3. The monoisotopic (exact) mass is 334 g/mol. The molecular formula is C20H22N4O. The van der Waals surface area contributed by atoms with E-state index in [1.165, 1.54) is 0 Å². The van der Waals surface area contributed by atoms with Crippen molar-refractivity contribution in [1.29, 1.82) is 0 Å². The Balaban J connectivity index is 1.97. The number of ether oxygens (including phenoxy) is 1. The minimum absolute atomic E-state index is 0.620. The van der Waals surface area contributed by atoms with Gasteiger partial charge in [0.05, 0.1) is 6.61 Å². The average molecular weight is 334 g/mol. The van der Waals surface area contributed by atoms with Crippen LogP contribution in [0.1, 0.15) is 0 Å². The van der Waals surface area contributed by atoms with Gasteiger partial charge in [-0.05, 0) is 12.1 Å². The highest BCUT2D eigenvalue weighted by molar-refractivity contribution is 5.66. The van der Waals surface area contributed by atoms with Crippen molar-refractivity contribution in [1.82, 2.24) is 9.97 Å². The molecule has 0 bridgehead atoms. The summed E-state index contributed by atoms with van der Waals surface area (Å²) in [5, 5.41) is 3.30. The molecule has 5 nitrogen and oxygen atoms in total. The van der Waals surface area contributed by atoms with Gasteiger partial charge < -0.3 is 15.0 Å². The van der Waals surface area contributed by atoms with Gasteiger partial charge in [0.15, 0.2) is 5.82 Å². The number of methoxy groups -OCH3 is 1. The van der Waals surface area contributed by atoms with Crippen LogP contribution in [0.2, 0.25) is 0 Å². The van der Waals surface area contributed by atoms with E-state index in [4.69, 9.17) is 9.72 Å². The fourth-order valence-corrected chi connectivity index (χ4v) is 2.48. The van der Waals surface area contributed by atoms with Crippen LogP contribution in [0.25, 0.3) is 11.4 Å². The Morgan fingerprint density at radius 3 is 2.32 bits per heavy atom. The van der Waals surface area contributed by atoms with Crippen LogP contribution in [0.3, 0.4) is 0 Å². The van der Waals surface area contributed by atoms with E-state index >= 15 is 0 Å². The molecule has 0 spiro atoms. The number of nitrogens with one attached hydrogen (secondary N) is 1. The van der Waals surface area contributed by atoms with Gasteiger partial charge >= 0.3 is 0 Å². The highest BCUT2D eigenvalue weighted by Gasteiger charge is 2.11. The summed E-state index contributed by atoms with van der Waals surface area (Å²) in [5.74, 6) is 2.31. The van der Waals surface area contributed by atoms with Crippen molar-refractivity contribution in [2.24, 2.45) is 0 Å². The van der Waals surface area contributed by atoms with E-state index in [2.05, 4.69) is 27.3 Å². The first-order valence-electron chi connectivity index (χ1n) is 8.24. The Labute approximate surface area is 148 Å². The highest BCUT2D eigenvalue weighted by atomic mass is 16.5. The van der Waals surface area contributed by atoms with Crippen LogP contribution in [0, 0.1) is 0 Å². The average Bonchev–Trinajstić information content (AvgIpc) is 2.69. The van der Waals surface area contributed by atoms with E-state index in [1.807, 2.05) is 61.6 Å². The normalized spacial score (nSPS) is 10.5. The van der Waals surface area contributed by atoms with Crippen LogP contribution in [0.5, 0.6) is 0 Å². The summed E-state index contributed by atoms with van der Waals surface area (Å²) < 4.78 is 5.11. The second-order valence-corrected chi connectivity index (χ2v) is 5.62. The zero-order valence-electron chi connectivity index (χ0n) is 14.5. The number of hydrogen-bond acceptors (Lipinski definition) is 5. The molecule has 0 fully saturated rings. The van der Waals surface area contributed by atoms with E-state index in [9.17, 15) is 0 Å². The lowest BCUT2D eigenvalue weighted by Gasteiger charge is -2.20. The number of nitrogens with zero attached hydrogens (tertiary/aromatic N) is 3. The summed E-state index contributed by atoms with van der Waals surface area (Å²) >= 11 is 0. The molecule has 0 unspecified atom stereocenters. The Kier molecular flexibility index (Phi) is 5.59. The first-order chi connectivity index (χ1) is 12.3. The number of aromatic nitrogens is 2. The molecule has 0 radical (unpaired) electrons. The maximum absolute atomic E-state index is 5.11. The van der Waals surface area contributed by atoms with Crippen LogP contribution in [-0.4, -0.2) is 37.3 Å². The maximum Gasteiger partial charge on any atom is 0.163 e. The molecule has 0 saturated heterocycles. The SMILES string of the molecule is COCCNc1cc(N(C)c2ccccc2)nc(-c2ccccc2)n1. The van der Waals surface area contributed by atoms with Gasteiger partial charge in [0.1, 0.15) is 11.6 Å². The number of hydrogen-bond donors (Lipinski definition) is 1. The quantitative estimate of drug-likeness (QED) is 0.663. The number of benzene rings is 2. The van der Waals surface area contributed by atoms with E-state index in [1.54, 1.807) is 7.11 Å². The summed E-state index contributed by atoms with van der Waals surface area (Å²) in [6.07, 6.45) is 0. The molecule has 128 valence electrons. The minimum Gasteiger partial charge on any atom is -0.383 e. The van der Waals surface area contributed by atoms with E-state index < -0.39 is 0 Å². The summed E-state index contributed by atoms with van der Waals surface area (Å²) in [6, 6.07) is 22.1. The lowest BCUT2D eigenvalue weighted by molar-refractivity contribution is 0.210. The van der Waals surface area contributed by atoms with Gasteiger partial charge in [-0.3, -0.25) is 0 Å². The number of para-hydroxylation sites is 1. The predicted octanol–water partition coefficient (Wildman–Crippen LogP) is 3.97. The molecule has 1 aromatic heterocycles. The zero-order valence-corrected chi connectivity index (χ0v) is 14.5. The standard InChI is InChI=1S/C20H22N4O/c1-24(17-11-7-4-8-12-17)19-15-18(21-13-14-25-2)22-20(23-19)16-9-5-3-6-10-16/h3-12,15H,13-14H2,1-2H3,(H,21,22,23). The third-order valence-electron chi connectivity index (χ3n) is 3.84. The molecule has 0 aliphatic heterocycles. The Morgan fingerprint density at radius 2 is 1.64 bits per heavy atom. The molecule has 3 rings (SSSR count). The van der Waals surface area contributed by atoms with Gasteiger partial charge in [-0.2, -0.15) is 0 Å². The highest BCUT2D eigenvalue weighted by Crippen LogP contribution is 2.26. The first kappa shape index (κ1) is 16.9. The maximum atomic E-state index is 5.11. The fourth-order valence-electron chi connectivity index (χ4n) is 2.48.